The van der Waals surface area contributed by atoms with Crippen LogP contribution in [0.5, 0.6) is 0 Å². The lowest BCUT2D eigenvalue weighted by Gasteiger charge is -2.19. The first kappa shape index (κ1) is 16.5. The zero-order chi connectivity index (χ0) is 15.5. The van der Waals surface area contributed by atoms with E-state index in [1.54, 1.807) is 0 Å². The summed E-state index contributed by atoms with van der Waals surface area (Å²) in [6.07, 6.45) is 5.45. The molecule has 0 amide bonds. The van der Waals surface area contributed by atoms with Gasteiger partial charge in [0.1, 0.15) is 16.8 Å². The van der Waals surface area contributed by atoms with Crippen LogP contribution in [0.15, 0.2) is 0 Å². The molecule has 21 heavy (non-hydrogen) atoms. The summed E-state index contributed by atoms with van der Waals surface area (Å²) in [5, 5.41) is 3.85. The van der Waals surface area contributed by atoms with Crippen molar-refractivity contribution in [3.63, 3.8) is 0 Å². The molecule has 2 rings (SSSR count). The summed E-state index contributed by atoms with van der Waals surface area (Å²) in [5.41, 5.74) is 0.777. The van der Waals surface area contributed by atoms with Gasteiger partial charge in [-0.05, 0) is 19.8 Å². The predicted octanol–water partition coefficient (Wildman–Crippen LogP) is 4.11. The highest BCUT2D eigenvalue weighted by Crippen LogP contribution is 2.26. The molecule has 1 N–H and O–H groups in total. The van der Waals surface area contributed by atoms with Crippen molar-refractivity contribution >= 4 is 17.4 Å². The van der Waals surface area contributed by atoms with Gasteiger partial charge in [0.2, 0.25) is 0 Å². The summed E-state index contributed by atoms with van der Waals surface area (Å²) < 4.78 is 5.85. The van der Waals surface area contributed by atoms with Crippen LogP contribution in [0.2, 0.25) is 5.15 Å². The van der Waals surface area contributed by atoms with Gasteiger partial charge in [0.05, 0.1) is 12.7 Å². The van der Waals surface area contributed by atoms with E-state index in [9.17, 15) is 0 Å². The van der Waals surface area contributed by atoms with Gasteiger partial charge >= 0.3 is 0 Å². The summed E-state index contributed by atoms with van der Waals surface area (Å²) in [6, 6.07) is 0. The molecule has 0 bridgehead atoms. The molecule has 1 aromatic heterocycles. The smallest absolute Gasteiger partial charge is 0.137 e. The van der Waals surface area contributed by atoms with E-state index in [1.807, 2.05) is 6.92 Å². The van der Waals surface area contributed by atoms with E-state index in [-0.39, 0.29) is 5.41 Å². The Bertz CT molecular complexity index is 479. The molecular weight excluding hydrogens is 286 g/mol. The van der Waals surface area contributed by atoms with Gasteiger partial charge in [-0.3, -0.25) is 0 Å². The number of hydrogen-bond acceptors (Lipinski definition) is 4. The maximum absolute atomic E-state index is 6.22. The highest BCUT2D eigenvalue weighted by Gasteiger charge is 2.20. The van der Waals surface area contributed by atoms with Crippen LogP contribution in [0.25, 0.3) is 0 Å². The van der Waals surface area contributed by atoms with Gasteiger partial charge in [-0.25, -0.2) is 9.97 Å². The molecule has 0 spiro atoms. The number of anilines is 1. The highest BCUT2D eigenvalue weighted by molar-refractivity contribution is 6.30. The number of ether oxygens (including phenoxy) is 1. The van der Waals surface area contributed by atoms with Gasteiger partial charge in [-0.15, -0.1) is 0 Å². The Labute approximate surface area is 132 Å². The fourth-order valence-electron chi connectivity index (χ4n) is 2.45. The molecular formula is C16H26ClN3O. The van der Waals surface area contributed by atoms with Crippen LogP contribution in [0.1, 0.15) is 57.8 Å². The third kappa shape index (κ3) is 4.55. The van der Waals surface area contributed by atoms with Crippen molar-refractivity contribution in [3.05, 3.63) is 16.5 Å². The Morgan fingerprint density at radius 2 is 1.90 bits per heavy atom. The minimum Gasteiger partial charge on any atom is -0.376 e. The van der Waals surface area contributed by atoms with Crippen LogP contribution in [0.4, 0.5) is 5.82 Å². The van der Waals surface area contributed by atoms with E-state index >= 15 is 0 Å². The molecule has 4 nitrogen and oxygen atoms in total. The van der Waals surface area contributed by atoms with Gasteiger partial charge in [0, 0.05) is 17.5 Å². The summed E-state index contributed by atoms with van der Waals surface area (Å²) >= 11 is 6.22. The minimum atomic E-state index is -0.117. The van der Waals surface area contributed by atoms with E-state index in [2.05, 4.69) is 36.1 Å². The normalized spacial score (nSPS) is 16.4. The van der Waals surface area contributed by atoms with Crippen molar-refractivity contribution in [1.29, 1.82) is 0 Å². The molecule has 0 saturated heterocycles. The van der Waals surface area contributed by atoms with Crippen LogP contribution in [0.3, 0.4) is 0 Å². The Morgan fingerprint density at radius 1 is 1.24 bits per heavy atom. The molecule has 1 heterocycles. The van der Waals surface area contributed by atoms with Gasteiger partial charge in [0.15, 0.2) is 0 Å². The average molecular weight is 312 g/mol. The molecule has 5 heteroatoms. The molecule has 0 atom stereocenters. The summed E-state index contributed by atoms with van der Waals surface area (Å²) in [7, 11) is 0. The quantitative estimate of drug-likeness (QED) is 0.656. The topological polar surface area (TPSA) is 47.0 Å². The Kier molecular flexibility index (Phi) is 5.44. The highest BCUT2D eigenvalue weighted by atomic mass is 35.5. The minimum absolute atomic E-state index is 0.117. The molecule has 0 unspecified atom stereocenters. The lowest BCUT2D eigenvalue weighted by molar-refractivity contribution is 0.0658. The average Bonchev–Trinajstić information content (AvgIpc) is 2.91. The van der Waals surface area contributed by atoms with Crippen molar-refractivity contribution < 1.29 is 4.74 Å². The summed E-state index contributed by atoms with van der Waals surface area (Å²) in [4.78, 5) is 8.99. The monoisotopic (exact) mass is 311 g/mol. The van der Waals surface area contributed by atoms with E-state index in [1.165, 1.54) is 25.7 Å². The lowest BCUT2D eigenvalue weighted by Crippen LogP contribution is -2.20. The van der Waals surface area contributed by atoms with Gasteiger partial charge in [-0.1, -0.05) is 45.2 Å². The van der Waals surface area contributed by atoms with Crippen LogP contribution < -0.4 is 5.32 Å². The Hall–Kier alpha value is -0.870. The first-order valence-electron chi connectivity index (χ1n) is 7.78. The van der Waals surface area contributed by atoms with Crippen LogP contribution in [0, 0.1) is 6.92 Å². The first-order chi connectivity index (χ1) is 9.88. The second-order valence-electron chi connectivity index (χ2n) is 6.77. The largest absolute Gasteiger partial charge is 0.376 e. The van der Waals surface area contributed by atoms with Crippen LogP contribution >= 0.6 is 11.6 Å². The lowest BCUT2D eigenvalue weighted by atomic mass is 9.95. The van der Waals surface area contributed by atoms with Crippen LogP contribution in [-0.4, -0.2) is 29.2 Å². The predicted molar refractivity (Wildman–Crippen MR) is 87.2 cm³/mol. The third-order valence-electron chi connectivity index (χ3n) is 3.81. The number of nitrogens with one attached hydrogen (secondary N) is 1. The van der Waals surface area contributed by atoms with Crippen molar-refractivity contribution in [1.82, 2.24) is 9.97 Å². The fraction of sp³-hybridized carbons (Fsp3) is 0.750. The molecule has 1 fully saturated rings. The number of rotatable bonds is 5. The van der Waals surface area contributed by atoms with Crippen molar-refractivity contribution in [2.75, 3.05) is 18.5 Å². The second-order valence-corrected chi connectivity index (χ2v) is 7.12. The van der Waals surface area contributed by atoms with Gasteiger partial charge in [-0.2, -0.15) is 0 Å². The van der Waals surface area contributed by atoms with Crippen molar-refractivity contribution in [2.24, 2.45) is 0 Å². The maximum Gasteiger partial charge on any atom is 0.137 e. The molecule has 1 aliphatic rings. The van der Waals surface area contributed by atoms with E-state index < -0.39 is 0 Å². The van der Waals surface area contributed by atoms with E-state index in [4.69, 9.17) is 16.3 Å². The van der Waals surface area contributed by atoms with Gasteiger partial charge < -0.3 is 10.1 Å². The third-order valence-corrected chi connectivity index (χ3v) is 4.18. The van der Waals surface area contributed by atoms with Crippen LogP contribution in [-0.2, 0) is 10.2 Å². The molecule has 0 aromatic carbocycles. The molecule has 1 aliphatic carbocycles. The molecule has 0 radical (unpaired) electrons. The Balaban J connectivity index is 1.93. The van der Waals surface area contributed by atoms with E-state index in [0.717, 1.165) is 23.8 Å². The van der Waals surface area contributed by atoms with Crippen molar-refractivity contribution in [2.45, 2.75) is 64.9 Å². The molecule has 0 aliphatic heterocycles. The standard InChI is InChI=1S/C16H26ClN3O/c1-11-13(17)19-15(16(2,3)4)20-14(11)18-9-10-21-12-7-5-6-8-12/h12H,5-10H2,1-4H3,(H,18,19,20). The first-order valence-corrected chi connectivity index (χ1v) is 8.16. The van der Waals surface area contributed by atoms with E-state index in [0.29, 0.717) is 17.9 Å². The van der Waals surface area contributed by atoms with Crippen molar-refractivity contribution in [3.8, 4) is 0 Å². The second kappa shape index (κ2) is 6.93. The SMILES string of the molecule is Cc1c(Cl)nc(C(C)(C)C)nc1NCCOC1CCCC1. The van der Waals surface area contributed by atoms with Gasteiger partial charge in [0.25, 0.3) is 0 Å². The number of aromatic nitrogens is 2. The Morgan fingerprint density at radius 3 is 2.52 bits per heavy atom. The zero-order valence-corrected chi connectivity index (χ0v) is 14.3. The number of halogens is 1. The maximum atomic E-state index is 6.22. The number of nitrogens with zero attached hydrogens (tertiary/aromatic N) is 2. The molecule has 118 valence electrons. The zero-order valence-electron chi connectivity index (χ0n) is 13.5. The summed E-state index contributed by atoms with van der Waals surface area (Å²) in [5.74, 6) is 1.58. The molecule has 1 saturated carbocycles. The fourth-order valence-corrected chi connectivity index (χ4v) is 2.62. The number of hydrogen-bond donors (Lipinski definition) is 1. The summed E-state index contributed by atoms with van der Waals surface area (Å²) in [6.45, 7) is 9.64. The molecule has 1 aromatic rings.